The lowest BCUT2D eigenvalue weighted by atomic mass is 10.0. The van der Waals surface area contributed by atoms with E-state index in [1.807, 2.05) is 20.0 Å². The van der Waals surface area contributed by atoms with Gasteiger partial charge in [-0.05, 0) is 30.2 Å². The fourth-order valence-electron chi connectivity index (χ4n) is 2.88. The van der Waals surface area contributed by atoms with E-state index in [9.17, 15) is 9.18 Å². The Kier molecular flexibility index (Phi) is 5.72. The molecule has 0 spiro atoms. The fourth-order valence-corrected chi connectivity index (χ4v) is 2.88. The van der Waals surface area contributed by atoms with Crippen LogP contribution >= 0.6 is 0 Å². The molecule has 3 rings (SSSR count). The first kappa shape index (κ1) is 19.5. The zero-order valence-corrected chi connectivity index (χ0v) is 16.4. The summed E-state index contributed by atoms with van der Waals surface area (Å²) < 4.78 is 16.4. The third-order valence-electron chi connectivity index (χ3n) is 4.46. The molecule has 0 saturated carbocycles. The number of benzene rings is 1. The molecule has 2 heterocycles. The maximum Gasteiger partial charge on any atom is 0.318 e. The lowest BCUT2D eigenvalue weighted by Crippen LogP contribution is -2.41. The maximum absolute atomic E-state index is 13.1. The standard InChI is InChI=1S/C19H24FN7O/c1-13(2)17(18-21-12-23-26(18)4)24-19(28)25(3)10-14-9-22-27(11-14)16-7-5-15(20)6-8-16/h5-9,11-13,17H,10H2,1-4H3,(H,24,28)/t17-/m0/s1. The number of carbonyl (C=O) groups is 1. The largest absolute Gasteiger partial charge is 0.328 e. The van der Waals surface area contributed by atoms with Gasteiger partial charge in [-0.1, -0.05) is 13.8 Å². The Bertz CT molecular complexity index is 932. The van der Waals surface area contributed by atoms with Crippen LogP contribution in [0.5, 0.6) is 0 Å². The molecule has 0 aliphatic rings. The van der Waals surface area contributed by atoms with E-state index in [0.29, 0.717) is 12.4 Å². The monoisotopic (exact) mass is 385 g/mol. The average molecular weight is 385 g/mol. The van der Waals surface area contributed by atoms with Gasteiger partial charge in [0.2, 0.25) is 0 Å². The predicted molar refractivity (Wildman–Crippen MR) is 102 cm³/mol. The van der Waals surface area contributed by atoms with Crippen molar-refractivity contribution in [3.63, 3.8) is 0 Å². The number of halogens is 1. The predicted octanol–water partition coefficient (Wildman–Crippen LogP) is 2.68. The highest BCUT2D eigenvalue weighted by Gasteiger charge is 2.24. The van der Waals surface area contributed by atoms with Crippen molar-refractivity contribution in [2.45, 2.75) is 26.4 Å². The molecule has 0 aliphatic carbocycles. The SMILES string of the molecule is CC(C)[C@H](NC(=O)N(C)Cc1cnn(-c2ccc(F)cc2)c1)c1ncnn1C. The van der Waals surface area contributed by atoms with Gasteiger partial charge in [-0.3, -0.25) is 4.68 Å². The quantitative estimate of drug-likeness (QED) is 0.707. The van der Waals surface area contributed by atoms with Gasteiger partial charge < -0.3 is 10.2 Å². The van der Waals surface area contributed by atoms with Crippen LogP contribution in [0.3, 0.4) is 0 Å². The number of rotatable bonds is 6. The van der Waals surface area contributed by atoms with E-state index in [4.69, 9.17) is 0 Å². The van der Waals surface area contributed by atoms with Gasteiger partial charge in [0.1, 0.15) is 18.0 Å². The van der Waals surface area contributed by atoms with E-state index in [1.165, 1.54) is 18.5 Å². The number of hydrogen-bond donors (Lipinski definition) is 1. The van der Waals surface area contributed by atoms with Gasteiger partial charge in [-0.2, -0.15) is 10.2 Å². The summed E-state index contributed by atoms with van der Waals surface area (Å²) in [5.74, 6) is 0.567. The van der Waals surface area contributed by atoms with Gasteiger partial charge >= 0.3 is 6.03 Å². The van der Waals surface area contributed by atoms with Crippen molar-refractivity contribution in [2.24, 2.45) is 13.0 Å². The van der Waals surface area contributed by atoms with Gasteiger partial charge in [0.15, 0.2) is 0 Å². The van der Waals surface area contributed by atoms with Crippen molar-refractivity contribution in [1.82, 2.24) is 34.8 Å². The molecule has 1 N–H and O–H groups in total. The molecule has 148 valence electrons. The summed E-state index contributed by atoms with van der Waals surface area (Å²) in [6, 6.07) is 5.61. The molecular weight excluding hydrogens is 361 g/mol. The van der Waals surface area contributed by atoms with Crippen LogP contribution < -0.4 is 5.32 Å². The first-order chi connectivity index (χ1) is 13.3. The minimum atomic E-state index is -0.296. The highest BCUT2D eigenvalue weighted by Crippen LogP contribution is 2.19. The molecule has 8 nitrogen and oxygen atoms in total. The summed E-state index contributed by atoms with van der Waals surface area (Å²) in [4.78, 5) is 18.5. The van der Waals surface area contributed by atoms with Crippen LogP contribution in [0.1, 0.15) is 31.3 Å². The molecule has 2 amide bonds. The molecule has 9 heteroatoms. The Balaban J connectivity index is 1.65. The molecule has 2 aromatic heterocycles. The maximum atomic E-state index is 13.1. The number of nitrogens with one attached hydrogen (secondary N) is 1. The minimum absolute atomic E-state index is 0.154. The van der Waals surface area contributed by atoms with Gasteiger partial charge in [0, 0.05) is 25.9 Å². The molecule has 0 bridgehead atoms. The lowest BCUT2D eigenvalue weighted by Gasteiger charge is -2.25. The molecule has 1 aromatic carbocycles. The fraction of sp³-hybridized carbons (Fsp3) is 0.368. The van der Waals surface area contributed by atoms with E-state index in [-0.39, 0.29) is 23.8 Å². The van der Waals surface area contributed by atoms with Gasteiger partial charge in [-0.25, -0.2) is 18.9 Å². The van der Waals surface area contributed by atoms with Crippen LogP contribution in [0.2, 0.25) is 0 Å². The molecule has 0 fully saturated rings. The van der Waals surface area contributed by atoms with Crippen molar-refractivity contribution in [2.75, 3.05) is 7.05 Å². The number of nitrogens with zero attached hydrogens (tertiary/aromatic N) is 6. The summed E-state index contributed by atoms with van der Waals surface area (Å²) in [5, 5.41) is 11.4. The van der Waals surface area contributed by atoms with Gasteiger partial charge in [0.25, 0.3) is 0 Å². The molecule has 0 saturated heterocycles. The average Bonchev–Trinajstić information content (AvgIpc) is 3.29. The second-order valence-corrected chi connectivity index (χ2v) is 7.04. The molecule has 28 heavy (non-hydrogen) atoms. The van der Waals surface area contributed by atoms with Crippen molar-refractivity contribution in [3.05, 3.63) is 60.2 Å². The van der Waals surface area contributed by atoms with Crippen molar-refractivity contribution < 1.29 is 9.18 Å². The topological polar surface area (TPSA) is 80.9 Å². The Morgan fingerprint density at radius 1 is 1.25 bits per heavy atom. The second kappa shape index (κ2) is 8.20. The Hall–Kier alpha value is -3.23. The number of aromatic nitrogens is 5. The van der Waals surface area contributed by atoms with E-state index in [2.05, 4.69) is 20.5 Å². The van der Waals surface area contributed by atoms with Crippen LogP contribution in [0.15, 0.2) is 43.0 Å². The smallest absolute Gasteiger partial charge is 0.318 e. The molecule has 0 unspecified atom stereocenters. The van der Waals surface area contributed by atoms with Crippen molar-refractivity contribution in [1.29, 1.82) is 0 Å². The first-order valence-electron chi connectivity index (χ1n) is 9.00. The molecule has 3 aromatic rings. The Morgan fingerprint density at radius 3 is 2.57 bits per heavy atom. The van der Waals surface area contributed by atoms with Crippen LogP contribution in [0.25, 0.3) is 5.69 Å². The highest BCUT2D eigenvalue weighted by atomic mass is 19.1. The third-order valence-corrected chi connectivity index (χ3v) is 4.46. The highest BCUT2D eigenvalue weighted by molar-refractivity contribution is 5.74. The van der Waals surface area contributed by atoms with Crippen molar-refractivity contribution in [3.8, 4) is 5.69 Å². The normalized spacial score (nSPS) is 12.2. The molecular formula is C19H24FN7O. The van der Waals surface area contributed by atoms with Crippen LogP contribution in [-0.2, 0) is 13.6 Å². The van der Waals surface area contributed by atoms with Crippen LogP contribution in [0.4, 0.5) is 9.18 Å². The molecule has 0 radical (unpaired) electrons. The summed E-state index contributed by atoms with van der Waals surface area (Å²) in [5.41, 5.74) is 1.61. The minimum Gasteiger partial charge on any atom is -0.328 e. The zero-order valence-electron chi connectivity index (χ0n) is 16.4. The van der Waals surface area contributed by atoms with Crippen LogP contribution in [0, 0.1) is 11.7 Å². The second-order valence-electron chi connectivity index (χ2n) is 7.04. The number of urea groups is 1. The van der Waals surface area contributed by atoms with E-state index >= 15 is 0 Å². The lowest BCUT2D eigenvalue weighted by molar-refractivity contribution is 0.197. The first-order valence-corrected chi connectivity index (χ1v) is 9.00. The van der Waals surface area contributed by atoms with Crippen LogP contribution in [-0.4, -0.2) is 42.5 Å². The summed E-state index contributed by atoms with van der Waals surface area (Å²) in [6.45, 7) is 4.43. The number of hydrogen-bond acceptors (Lipinski definition) is 4. The van der Waals surface area contributed by atoms with Crippen molar-refractivity contribution >= 4 is 6.03 Å². The van der Waals surface area contributed by atoms with E-state index in [1.54, 1.807) is 46.7 Å². The third kappa shape index (κ3) is 4.36. The number of amides is 2. The Morgan fingerprint density at radius 2 is 1.96 bits per heavy atom. The zero-order chi connectivity index (χ0) is 20.3. The molecule has 0 aliphatic heterocycles. The molecule has 1 atom stereocenters. The summed E-state index contributed by atoms with van der Waals surface area (Å²) >= 11 is 0. The summed E-state index contributed by atoms with van der Waals surface area (Å²) in [7, 11) is 3.52. The summed E-state index contributed by atoms with van der Waals surface area (Å²) in [6.07, 6.45) is 4.99. The van der Waals surface area contributed by atoms with Gasteiger partial charge in [-0.15, -0.1) is 0 Å². The van der Waals surface area contributed by atoms with E-state index in [0.717, 1.165) is 11.3 Å². The number of carbonyl (C=O) groups excluding carboxylic acids is 1. The Labute approximate surface area is 163 Å². The van der Waals surface area contributed by atoms with E-state index < -0.39 is 0 Å². The van der Waals surface area contributed by atoms with Gasteiger partial charge in [0.05, 0.1) is 24.5 Å². The number of aryl methyl sites for hydroxylation is 1.